The first-order chi connectivity index (χ1) is 11.6. The molecule has 0 aliphatic rings. The highest BCUT2D eigenvalue weighted by atomic mass is 32.1. The van der Waals surface area contributed by atoms with Gasteiger partial charge in [0.05, 0.1) is 0 Å². The van der Waals surface area contributed by atoms with Gasteiger partial charge in [-0.1, -0.05) is 36.4 Å². The van der Waals surface area contributed by atoms with Crippen molar-refractivity contribution in [3.05, 3.63) is 71.8 Å². The van der Waals surface area contributed by atoms with Crippen LogP contribution in [-0.4, -0.2) is 11.9 Å². The Labute approximate surface area is 151 Å². The second-order valence-corrected chi connectivity index (χ2v) is 5.77. The normalized spacial score (nSPS) is 10.6. The summed E-state index contributed by atoms with van der Waals surface area (Å²) in [5.74, 6) is -1.25. The second-order valence-electron chi connectivity index (χ2n) is 4.81. The molecule has 0 bridgehead atoms. The quantitative estimate of drug-likeness (QED) is 0.469. The van der Waals surface area contributed by atoms with Crippen LogP contribution in [0.1, 0.15) is 11.1 Å². The van der Waals surface area contributed by atoms with Gasteiger partial charge in [-0.15, -0.1) is 25.3 Å². The van der Waals surface area contributed by atoms with Crippen LogP contribution in [0.5, 0.6) is 0 Å². The van der Waals surface area contributed by atoms with Crippen LogP contribution in [0.15, 0.2) is 70.5 Å². The van der Waals surface area contributed by atoms with Crippen LogP contribution < -0.4 is 0 Å². The van der Waals surface area contributed by atoms with E-state index in [0.29, 0.717) is 0 Å². The molecule has 0 fully saturated rings. The summed E-state index contributed by atoms with van der Waals surface area (Å²) in [5, 5.41) is 0. The molecule has 0 radical (unpaired) electrons. The summed E-state index contributed by atoms with van der Waals surface area (Å²) in [7, 11) is 0. The molecule has 2 rings (SSSR count). The minimum Gasteiger partial charge on any atom is -0.458 e. The molecular formula is C18H16O4S2. The molecule has 2 aromatic rings. The number of ether oxygens (including phenoxy) is 2. The minimum atomic E-state index is -0.627. The third kappa shape index (κ3) is 5.79. The van der Waals surface area contributed by atoms with E-state index in [0.717, 1.165) is 33.1 Å². The van der Waals surface area contributed by atoms with Gasteiger partial charge in [0.15, 0.2) is 0 Å². The maximum absolute atomic E-state index is 11.6. The first kappa shape index (κ1) is 18.2. The van der Waals surface area contributed by atoms with Crippen LogP contribution >= 0.6 is 25.3 Å². The van der Waals surface area contributed by atoms with Crippen molar-refractivity contribution < 1.29 is 19.1 Å². The van der Waals surface area contributed by atoms with Gasteiger partial charge < -0.3 is 9.47 Å². The lowest BCUT2D eigenvalue weighted by Gasteiger charge is -2.05. The molecule has 0 N–H and O–H groups in total. The summed E-state index contributed by atoms with van der Waals surface area (Å²) < 4.78 is 10.1. The van der Waals surface area contributed by atoms with E-state index in [1.54, 1.807) is 12.1 Å². The number of benzene rings is 2. The molecule has 2 aromatic carbocycles. The van der Waals surface area contributed by atoms with Crippen molar-refractivity contribution in [1.29, 1.82) is 0 Å². The smallest absolute Gasteiger partial charge is 0.331 e. The van der Waals surface area contributed by atoms with Gasteiger partial charge in [-0.05, 0) is 12.1 Å². The van der Waals surface area contributed by atoms with E-state index < -0.39 is 11.9 Å². The molecule has 0 amide bonds. The number of carbonyl (C=O) groups excluding carboxylic acids is 2. The molecule has 0 unspecified atom stereocenters. The van der Waals surface area contributed by atoms with Gasteiger partial charge in [-0.25, -0.2) is 9.59 Å². The molecular weight excluding hydrogens is 344 g/mol. The van der Waals surface area contributed by atoms with Crippen LogP contribution in [0.25, 0.3) is 0 Å². The Morgan fingerprint density at radius 1 is 0.750 bits per heavy atom. The molecule has 4 nitrogen and oxygen atoms in total. The molecule has 24 heavy (non-hydrogen) atoms. The van der Waals surface area contributed by atoms with E-state index >= 15 is 0 Å². The summed E-state index contributed by atoms with van der Waals surface area (Å²) in [4.78, 5) is 24.7. The lowest BCUT2D eigenvalue weighted by atomic mass is 10.2. The second kappa shape index (κ2) is 9.20. The van der Waals surface area contributed by atoms with Crippen molar-refractivity contribution in [1.82, 2.24) is 0 Å². The monoisotopic (exact) mass is 360 g/mol. The Bertz CT molecular complexity index is 693. The zero-order valence-corrected chi connectivity index (χ0v) is 14.5. The van der Waals surface area contributed by atoms with Crippen LogP contribution in [0, 0.1) is 0 Å². The lowest BCUT2D eigenvalue weighted by molar-refractivity contribution is -0.141. The van der Waals surface area contributed by atoms with Crippen molar-refractivity contribution in [2.75, 3.05) is 0 Å². The zero-order chi connectivity index (χ0) is 17.4. The summed E-state index contributed by atoms with van der Waals surface area (Å²) in [6, 6.07) is 14.6. The molecule has 0 heterocycles. The Hall–Kier alpha value is -2.18. The van der Waals surface area contributed by atoms with E-state index in [4.69, 9.17) is 9.47 Å². The molecule has 124 valence electrons. The molecule has 0 spiro atoms. The Morgan fingerprint density at radius 2 is 1.12 bits per heavy atom. The van der Waals surface area contributed by atoms with Crippen molar-refractivity contribution in [2.24, 2.45) is 0 Å². The first-order valence-corrected chi connectivity index (χ1v) is 8.01. The van der Waals surface area contributed by atoms with Gasteiger partial charge in [0.2, 0.25) is 0 Å². The molecule has 0 aliphatic heterocycles. The fourth-order valence-corrected chi connectivity index (χ4v) is 2.25. The maximum Gasteiger partial charge on any atom is 0.331 e. The van der Waals surface area contributed by atoms with Crippen LogP contribution in [0.4, 0.5) is 0 Å². The fourth-order valence-electron chi connectivity index (χ4n) is 1.80. The summed E-state index contributed by atoms with van der Waals surface area (Å²) in [6.45, 7) is 0.176. The average Bonchev–Trinajstić information content (AvgIpc) is 2.58. The third-order valence-electron chi connectivity index (χ3n) is 3.08. The van der Waals surface area contributed by atoms with Gasteiger partial charge in [-0.2, -0.15) is 0 Å². The molecule has 0 aliphatic carbocycles. The van der Waals surface area contributed by atoms with E-state index in [2.05, 4.69) is 25.3 Å². The molecule has 0 saturated carbocycles. The SMILES string of the molecule is O=C(/C=C/C(=O)OCc1ccccc1S)OCc1ccccc1S. The predicted octanol–water partition coefficient (Wildman–Crippen LogP) is 3.61. The van der Waals surface area contributed by atoms with Gasteiger partial charge in [0, 0.05) is 33.1 Å². The van der Waals surface area contributed by atoms with Gasteiger partial charge in [0.1, 0.15) is 13.2 Å². The zero-order valence-electron chi connectivity index (χ0n) is 12.7. The topological polar surface area (TPSA) is 52.6 Å². The summed E-state index contributed by atoms with van der Waals surface area (Å²) in [5.41, 5.74) is 1.58. The number of thiol groups is 2. The highest BCUT2D eigenvalue weighted by Gasteiger charge is 2.05. The van der Waals surface area contributed by atoms with E-state index in [1.807, 2.05) is 36.4 Å². The van der Waals surface area contributed by atoms with E-state index in [-0.39, 0.29) is 13.2 Å². The van der Waals surface area contributed by atoms with Crippen molar-refractivity contribution in [3.63, 3.8) is 0 Å². The van der Waals surface area contributed by atoms with Crippen LogP contribution in [0.2, 0.25) is 0 Å². The minimum absolute atomic E-state index is 0.0882. The van der Waals surface area contributed by atoms with Gasteiger partial charge in [0.25, 0.3) is 0 Å². The molecule has 6 heteroatoms. The molecule has 0 saturated heterocycles. The van der Waals surface area contributed by atoms with E-state index in [9.17, 15) is 9.59 Å². The van der Waals surface area contributed by atoms with E-state index in [1.165, 1.54) is 0 Å². The highest BCUT2D eigenvalue weighted by molar-refractivity contribution is 7.80. The molecule has 0 atom stereocenters. The first-order valence-electron chi connectivity index (χ1n) is 7.11. The average molecular weight is 360 g/mol. The van der Waals surface area contributed by atoms with Gasteiger partial charge in [-0.3, -0.25) is 0 Å². The lowest BCUT2D eigenvalue weighted by Crippen LogP contribution is -2.05. The standard InChI is InChI=1S/C18H16O4S2/c19-17(21-11-13-5-1-3-7-15(13)23)9-10-18(20)22-12-14-6-2-4-8-16(14)24/h1-10,23-24H,11-12H2/b10-9+. The Kier molecular flexibility index (Phi) is 6.96. The highest BCUT2D eigenvalue weighted by Crippen LogP contribution is 2.14. The number of rotatable bonds is 6. The van der Waals surface area contributed by atoms with Gasteiger partial charge >= 0.3 is 11.9 Å². The van der Waals surface area contributed by atoms with Crippen molar-refractivity contribution in [2.45, 2.75) is 23.0 Å². The van der Waals surface area contributed by atoms with Crippen molar-refractivity contribution in [3.8, 4) is 0 Å². The number of carbonyl (C=O) groups is 2. The number of hydrogen-bond acceptors (Lipinski definition) is 6. The fraction of sp³-hybridized carbons (Fsp3) is 0.111. The Morgan fingerprint density at radius 3 is 1.50 bits per heavy atom. The Balaban J connectivity index is 1.78. The number of esters is 2. The summed E-state index contributed by atoms with van der Waals surface area (Å²) in [6.07, 6.45) is 2.08. The predicted molar refractivity (Wildman–Crippen MR) is 96.1 cm³/mol. The van der Waals surface area contributed by atoms with Crippen LogP contribution in [-0.2, 0) is 32.3 Å². The van der Waals surface area contributed by atoms with Crippen LogP contribution in [0.3, 0.4) is 0 Å². The number of hydrogen-bond donors (Lipinski definition) is 2. The largest absolute Gasteiger partial charge is 0.458 e. The summed E-state index contributed by atoms with van der Waals surface area (Å²) >= 11 is 8.53. The maximum atomic E-state index is 11.6. The molecule has 0 aromatic heterocycles. The van der Waals surface area contributed by atoms with Crippen molar-refractivity contribution >= 4 is 37.2 Å². The third-order valence-corrected chi connectivity index (χ3v) is 3.95.